The van der Waals surface area contributed by atoms with Gasteiger partial charge in [0.25, 0.3) is 0 Å². The number of halogens is 1. The molecule has 0 saturated heterocycles. The quantitative estimate of drug-likeness (QED) is 0.154. The van der Waals surface area contributed by atoms with Crippen LogP contribution in [0.1, 0.15) is 34.7 Å². The summed E-state index contributed by atoms with van der Waals surface area (Å²) in [5.41, 5.74) is 4.37. The zero-order chi connectivity index (χ0) is 32.5. The maximum atomic E-state index is 13.4. The number of aliphatic hydroxyl groups is 2. The lowest BCUT2D eigenvalue weighted by Gasteiger charge is -2.20. The van der Waals surface area contributed by atoms with Gasteiger partial charge in [0.05, 0.1) is 31.1 Å². The first-order valence-electron chi connectivity index (χ1n) is 14.0. The van der Waals surface area contributed by atoms with E-state index in [1.165, 1.54) is 24.2 Å². The summed E-state index contributed by atoms with van der Waals surface area (Å²) < 4.78 is 6.11. The van der Waals surface area contributed by atoms with Crippen molar-refractivity contribution in [2.45, 2.75) is 18.6 Å². The van der Waals surface area contributed by atoms with Crippen LogP contribution in [0.2, 0.25) is 5.02 Å². The number of aromatic nitrogens is 6. The highest BCUT2D eigenvalue weighted by Crippen LogP contribution is 2.30. The molecule has 3 aromatic carbocycles. The first kappa shape index (κ1) is 31.9. The number of ether oxygens (including phenoxy) is 1. The maximum Gasteiger partial charge on any atom is 0.411 e. The monoisotopic (exact) mass is 640 g/mol. The SMILES string of the molecule is COC(=O)Nc1ccc(-c2cc(C(Cc3ccccc3)NC(=O)/C=C/c3cc(Cl)ccc3-n3cnnn3)nnc2C(O)CO)cc1. The Kier molecular flexibility index (Phi) is 10.4. The van der Waals surface area contributed by atoms with Crippen LogP contribution < -0.4 is 10.6 Å². The second-order valence-electron chi connectivity index (χ2n) is 10.0. The molecule has 0 fully saturated rings. The van der Waals surface area contributed by atoms with Crippen LogP contribution >= 0.6 is 11.6 Å². The molecule has 46 heavy (non-hydrogen) atoms. The molecule has 0 spiro atoms. The molecule has 0 bridgehead atoms. The van der Waals surface area contributed by atoms with E-state index in [9.17, 15) is 19.8 Å². The molecule has 2 amide bonds. The minimum Gasteiger partial charge on any atom is -0.453 e. The molecular formula is C32H29ClN8O5. The molecule has 2 heterocycles. The van der Waals surface area contributed by atoms with Gasteiger partial charge in [-0.3, -0.25) is 10.1 Å². The van der Waals surface area contributed by atoms with Crippen molar-refractivity contribution in [2.24, 2.45) is 0 Å². The van der Waals surface area contributed by atoms with Crippen molar-refractivity contribution in [1.82, 2.24) is 35.7 Å². The summed E-state index contributed by atoms with van der Waals surface area (Å²) in [6.45, 7) is -0.575. The molecule has 0 aliphatic rings. The van der Waals surface area contributed by atoms with Crippen LogP contribution in [0.5, 0.6) is 0 Å². The number of benzene rings is 3. The van der Waals surface area contributed by atoms with Gasteiger partial charge < -0.3 is 20.3 Å². The van der Waals surface area contributed by atoms with Crippen LogP contribution in [0.25, 0.3) is 22.9 Å². The third kappa shape index (κ3) is 7.95. The van der Waals surface area contributed by atoms with Gasteiger partial charge in [-0.05, 0) is 70.4 Å². The number of amides is 2. The summed E-state index contributed by atoms with van der Waals surface area (Å²) in [6.07, 6.45) is 2.88. The van der Waals surface area contributed by atoms with Crippen molar-refractivity contribution < 1.29 is 24.5 Å². The van der Waals surface area contributed by atoms with Crippen molar-refractivity contribution in [3.63, 3.8) is 0 Å². The minimum atomic E-state index is -1.30. The highest BCUT2D eigenvalue weighted by Gasteiger charge is 2.22. The summed E-state index contributed by atoms with van der Waals surface area (Å²) >= 11 is 6.23. The van der Waals surface area contributed by atoms with Crippen molar-refractivity contribution in [3.8, 4) is 16.8 Å². The highest BCUT2D eigenvalue weighted by atomic mass is 35.5. The largest absolute Gasteiger partial charge is 0.453 e. The molecular weight excluding hydrogens is 612 g/mol. The van der Waals surface area contributed by atoms with Gasteiger partial charge in [0, 0.05) is 27.9 Å². The lowest BCUT2D eigenvalue weighted by Crippen LogP contribution is -2.29. The number of hydrogen-bond acceptors (Lipinski definition) is 10. The summed E-state index contributed by atoms with van der Waals surface area (Å²) in [5.74, 6) is -0.412. The van der Waals surface area contributed by atoms with Gasteiger partial charge in [0.15, 0.2) is 0 Å². The van der Waals surface area contributed by atoms with Crippen LogP contribution in [0, 0.1) is 0 Å². The maximum absolute atomic E-state index is 13.4. The molecule has 0 aliphatic carbocycles. The predicted octanol–water partition coefficient (Wildman–Crippen LogP) is 4.09. The Bertz CT molecular complexity index is 1820. The van der Waals surface area contributed by atoms with Gasteiger partial charge in [0.2, 0.25) is 5.91 Å². The molecule has 5 rings (SSSR count). The van der Waals surface area contributed by atoms with E-state index >= 15 is 0 Å². The first-order valence-corrected chi connectivity index (χ1v) is 14.4. The highest BCUT2D eigenvalue weighted by molar-refractivity contribution is 6.30. The zero-order valence-corrected chi connectivity index (χ0v) is 25.2. The number of rotatable bonds is 11. The van der Waals surface area contributed by atoms with E-state index in [1.54, 1.807) is 54.6 Å². The number of anilines is 1. The van der Waals surface area contributed by atoms with Crippen LogP contribution in [0.15, 0.2) is 91.3 Å². The van der Waals surface area contributed by atoms with Gasteiger partial charge in [-0.1, -0.05) is 54.1 Å². The Labute approximate surface area is 268 Å². The number of aliphatic hydroxyl groups excluding tert-OH is 2. The molecule has 0 saturated carbocycles. The third-order valence-electron chi connectivity index (χ3n) is 6.91. The van der Waals surface area contributed by atoms with Gasteiger partial charge in [0.1, 0.15) is 18.1 Å². The Balaban J connectivity index is 1.48. The molecule has 4 N–H and O–H groups in total. The number of carbonyl (C=O) groups is 2. The van der Waals surface area contributed by atoms with Gasteiger partial charge in [-0.25, -0.2) is 4.79 Å². The van der Waals surface area contributed by atoms with Crippen molar-refractivity contribution in [2.75, 3.05) is 19.0 Å². The van der Waals surface area contributed by atoms with Crippen molar-refractivity contribution in [1.29, 1.82) is 0 Å². The third-order valence-corrected chi connectivity index (χ3v) is 7.15. The average molecular weight is 641 g/mol. The van der Waals surface area contributed by atoms with Crippen LogP contribution in [0.4, 0.5) is 10.5 Å². The molecule has 0 radical (unpaired) electrons. The fraction of sp³-hybridized carbons (Fsp3) is 0.156. The van der Waals surface area contributed by atoms with E-state index in [0.717, 1.165) is 5.56 Å². The normalized spacial score (nSPS) is 12.4. The fourth-order valence-electron chi connectivity index (χ4n) is 4.66. The molecule has 13 nitrogen and oxygen atoms in total. The van der Waals surface area contributed by atoms with Crippen LogP contribution in [-0.4, -0.2) is 66.3 Å². The van der Waals surface area contributed by atoms with Crippen molar-refractivity contribution >= 4 is 35.4 Å². The Morgan fingerprint density at radius 2 is 1.83 bits per heavy atom. The Morgan fingerprint density at radius 3 is 2.52 bits per heavy atom. The topological polar surface area (TPSA) is 177 Å². The standard InChI is InChI=1S/C32H29ClN8O5/c1-46-32(45)35-24-11-7-21(8-12-24)25-17-27(37-38-31(25)29(43)18-42)26(15-20-5-3-2-4-6-20)36-30(44)14-9-22-16-23(33)10-13-28(22)41-19-34-39-40-41/h2-14,16-17,19,26,29,42-43H,15,18H2,1H3,(H,35,45)(H,36,44)/b14-9+. The molecule has 2 aromatic heterocycles. The van der Waals surface area contributed by atoms with Crippen molar-refractivity contribution in [3.05, 3.63) is 119 Å². The predicted molar refractivity (Wildman–Crippen MR) is 170 cm³/mol. The lowest BCUT2D eigenvalue weighted by molar-refractivity contribution is -0.117. The lowest BCUT2D eigenvalue weighted by atomic mass is 9.97. The van der Waals surface area contributed by atoms with E-state index in [1.807, 2.05) is 30.3 Å². The number of nitrogens with one attached hydrogen (secondary N) is 2. The summed E-state index contributed by atoms with van der Waals surface area (Å²) in [4.78, 5) is 25.0. The summed E-state index contributed by atoms with van der Waals surface area (Å²) in [7, 11) is 1.27. The smallest absolute Gasteiger partial charge is 0.411 e. The second-order valence-corrected chi connectivity index (χ2v) is 10.4. The minimum absolute atomic E-state index is 0.153. The number of methoxy groups -OCH3 is 1. The zero-order valence-electron chi connectivity index (χ0n) is 24.5. The number of nitrogens with zero attached hydrogens (tertiary/aromatic N) is 6. The Morgan fingerprint density at radius 1 is 1.04 bits per heavy atom. The molecule has 234 valence electrons. The van der Waals surface area contributed by atoms with Gasteiger partial charge in [-0.15, -0.1) is 5.10 Å². The second kappa shape index (κ2) is 15.0. The van der Waals surface area contributed by atoms with Crippen LogP contribution in [0.3, 0.4) is 0 Å². The first-order chi connectivity index (χ1) is 22.3. The summed E-state index contributed by atoms with van der Waals surface area (Å²) in [6, 6.07) is 22.5. The fourth-order valence-corrected chi connectivity index (χ4v) is 4.84. The van der Waals surface area contributed by atoms with E-state index in [2.05, 4.69) is 41.1 Å². The van der Waals surface area contributed by atoms with Gasteiger partial charge >= 0.3 is 6.09 Å². The molecule has 2 atom stereocenters. The molecule has 5 aromatic rings. The number of hydrogen-bond donors (Lipinski definition) is 4. The van der Waals surface area contributed by atoms with E-state index in [-0.39, 0.29) is 5.69 Å². The van der Waals surface area contributed by atoms with Gasteiger partial charge in [-0.2, -0.15) is 14.9 Å². The summed E-state index contributed by atoms with van der Waals surface area (Å²) in [5, 5.41) is 46.2. The van der Waals surface area contributed by atoms with E-state index < -0.39 is 30.8 Å². The number of carbonyl (C=O) groups excluding carboxylic acids is 2. The Hall–Kier alpha value is -5.50. The molecule has 14 heteroatoms. The molecule has 0 aliphatic heterocycles. The van der Waals surface area contributed by atoms with E-state index in [0.29, 0.717) is 45.2 Å². The average Bonchev–Trinajstić information content (AvgIpc) is 3.62. The number of tetrazole rings is 1. The molecule has 2 unspecified atom stereocenters. The van der Waals surface area contributed by atoms with E-state index in [4.69, 9.17) is 11.6 Å². The van der Waals surface area contributed by atoms with Crippen LogP contribution in [-0.2, 0) is 16.0 Å².